The molecule has 1 nitrogen and oxygen atoms in total. The summed E-state index contributed by atoms with van der Waals surface area (Å²) in [5, 5.41) is 3.22. The first kappa shape index (κ1) is 11.2. The molecule has 0 saturated carbocycles. The highest BCUT2D eigenvalue weighted by Gasteiger charge is 2.14. The highest BCUT2D eigenvalue weighted by atomic mass is 32.2. The van der Waals surface area contributed by atoms with Crippen molar-refractivity contribution in [2.75, 3.05) is 26.0 Å². The van der Waals surface area contributed by atoms with E-state index in [0.29, 0.717) is 6.42 Å². The van der Waals surface area contributed by atoms with E-state index >= 15 is 0 Å². The van der Waals surface area contributed by atoms with Gasteiger partial charge in [-0.25, -0.2) is 0 Å². The van der Waals surface area contributed by atoms with Crippen molar-refractivity contribution in [2.45, 2.75) is 25.0 Å². The Bertz CT molecular complexity index is 96.1. The summed E-state index contributed by atoms with van der Waals surface area (Å²) < 4.78 is 11.9. The molecule has 0 aromatic heterocycles. The van der Waals surface area contributed by atoms with Crippen LogP contribution in [0.15, 0.2) is 0 Å². The van der Waals surface area contributed by atoms with E-state index in [9.17, 15) is 4.39 Å². The number of nitrogens with one attached hydrogen (secondary N) is 1. The van der Waals surface area contributed by atoms with E-state index in [4.69, 9.17) is 0 Å². The van der Waals surface area contributed by atoms with Gasteiger partial charge in [0.15, 0.2) is 0 Å². The van der Waals surface area contributed by atoms with Gasteiger partial charge in [-0.2, -0.15) is 11.8 Å². The lowest BCUT2D eigenvalue weighted by Gasteiger charge is -2.22. The smallest absolute Gasteiger partial charge is 0.0906 e. The van der Waals surface area contributed by atoms with Crippen molar-refractivity contribution < 1.29 is 4.39 Å². The fourth-order valence-corrected chi connectivity index (χ4v) is 0.900. The third kappa shape index (κ3) is 6.63. The van der Waals surface area contributed by atoms with Gasteiger partial charge in [0.2, 0.25) is 0 Å². The van der Waals surface area contributed by atoms with Gasteiger partial charge in [0.05, 0.1) is 6.67 Å². The topological polar surface area (TPSA) is 12.0 Å². The summed E-state index contributed by atoms with van der Waals surface area (Å²) in [7, 11) is 0. The fraction of sp³-hybridized carbons (Fsp3) is 1.00. The summed E-state index contributed by atoms with van der Waals surface area (Å²) in [4.78, 5) is 0. The number of thioether (sulfide) groups is 1. The van der Waals surface area contributed by atoms with Gasteiger partial charge in [-0.3, -0.25) is 4.39 Å². The number of hydrogen-bond donors (Lipinski definition) is 1. The van der Waals surface area contributed by atoms with Crippen molar-refractivity contribution in [1.29, 1.82) is 0 Å². The van der Waals surface area contributed by atoms with Crippen LogP contribution in [0.3, 0.4) is 0 Å². The van der Waals surface area contributed by atoms with E-state index in [1.54, 1.807) is 0 Å². The molecule has 0 saturated heterocycles. The van der Waals surface area contributed by atoms with Gasteiger partial charge >= 0.3 is 0 Å². The van der Waals surface area contributed by atoms with Crippen molar-refractivity contribution in [2.24, 2.45) is 0 Å². The second-order valence-electron chi connectivity index (χ2n) is 3.18. The maximum absolute atomic E-state index is 11.6. The van der Waals surface area contributed by atoms with Crippen molar-refractivity contribution in [3.05, 3.63) is 0 Å². The monoisotopic (exact) mass is 179 g/mol. The molecule has 0 aliphatic carbocycles. The van der Waals surface area contributed by atoms with Crippen LogP contribution in [0.4, 0.5) is 4.39 Å². The lowest BCUT2D eigenvalue weighted by molar-refractivity contribution is 0.454. The van der Waals surface area contributed by atoms with Crippen molar-refractivity contribution in [3.63, 3.8) is 0 Å². The second-order valence-corrected chi connectivity index (χ2v) is 4.70. The Kier molecular flexibility index (Phi) is 5.96. The Morgan fingerprint density at radius 2 is 2.09 bits per heavy atom. The predicted molar refractivity (Wildman–Crippen MR) is 51.1 cm³/mol. The molecule has 0 rings (SSSR count). The molecule has 3 heteroatoms. The molecule has 0 amide bonds. The zero-order chi connectivity index (χ0) is 8.74. The lowest BCUT2D eigenvalue weighted by atomic mass is 10.2. The minimum atomic E-state index is -0.216. The highest BCUT2D eigenvalue weighted by molar-refractivity contribution is 7.99. The summed E-state index contributed by atoms with van der Waals surface area (Å²) >= 11 is 1.83. The molecular weight excluding hydrogens is 161 g/mol. The molecule has 68 valence electrons. The molecule has 11 heavy (non-hydrogen) atoms. The average molecular weight is 179 g/mol. The molecule has 0 aliphatic rings. The van der Waals surface area contributed by atoms with Crippen LogP contribution in [0.1, 0.15) is 20.3 Å². The first-order chi connectivity index (χ1) is 5.12. The second kappa shape index (κ2) is 5.84. The molecule has 0 atom stereocenters. The molecule has 0 aliphatic heterocycles. The number of rotatable bonds is 6. The van der Waals surface area contributed by atoms with Crippen LogP contribution in [0.25, 0.3) is 0 Å². The van der Waals surface area contributed by atoms with Gasteiger partial charge in [-0.15, -0.1) is 0 Å². The van der Waals surface area contributed by atoms with Crippen LogP contribution < -0.4 is 5.32 Å². The molecule has 1 N–H and O–H groups in total. The van der Waals surface area contributed by atoms with Crippen LogP contribution >= 0.6 is 11.8 Å². The van der Waals surface area contributed by atoms with Gasteiger partial charge < -0.3 is 5.32 Å². The van der Waals surface area contributed by atoms with Crippen LogP contribution in [-0.2, 0) is 0 Å². The largest absolute Gasteiger partial charge is 0.315 e. The Balaban J connectivity index is 3.23. The molecular formula is C8H18FNS. The number of alkyl halides is 1. The Labute approximate surface area is 73.1 Å². The average Bonchev–Trinajstić information content (AvgIpc) is 1.99. The summed E-state index contributed by atoms with van der Waals surface area (Å²) in [5.41, 5.74) is 0. The summed E-state index contributed by atoms with van der Waals surface area (Å²) in [5.74, 6) is 0. The van der Waals surface area contributed by atoms with Crippen LogP contribution in [-0.4, -0.2) is 30.8 Å². The number of hydrogen-bond acceptors (Lipinski definition) is 2. The third-order valence-electron chi connectivity index (χ3n) is 1.59. The molecule has 0 bridgehead atoms. The molecule has 0 fully saturated rings. The van der Waals surface area contributed by atoms with E-state index < -0.39 is 0 Å². The van der Waals surface area contributed by atoms with E-state index in [1.807, 2.05) is 11.8 Å². The quantitative estimate of drug-likeness (QED) is 0.627. The Morgan fingerprint density at radius 1 is 1.45 bits per heavy atom. The molecule has 0 unspecified atom stereocenters. The summed E-state index contributed by atoms with van der Waals surface area (Å²) in [6, 6.07) is 0. The first-order valence-corrected chi connectivity index (χ1v) is 5.17. The zero-order valence-electron chi connectivity index (χ0n) is 7.61. The highest BCUT2D eigenvalue weighted by Crippen LogP contribution is 2.19. The molecule has 0 aromatic carbocycles. The van der Waals surface area contributed by atoms with Crippen LogP contribution in [0, 0.1) is 0 Å². The minimum Gasteiger partial charge on any atom is -0.315 e. The standard InChI is InChI=1S/C8H18FNS/c1-8(2,11-3)7-10-6-4-5-9/h10H,4-7H2,1-3H3. The fourth-order valence-electron chi connectivity index (χ4n) is 0.653. The van der Waals surface area contributed by atoms with Crippen molar-refractivity contribution in [1.82, 2.24) is 5.32 Å². The lowest BCUT2D eigenvalue weighted by Crippen LogP contribution is -2.32. The van der Waals surface area contributed by atoms with Crippen LogP contribution in [0.2, 0.25) is 0 Å². The van der Waals surface area contributed by atoms with Gasteiger partial charge in [0.25, 0.3) is 0 Å². The van der Waals surface area contributed by atoms with E-state index in [2.05, 4.69) is 25.4 Å². The molecule has 0 aromatic rings. The summed E-state index contributed by atoms with van der Waals surface area (Å²) in [6.45, 7) is 5.89. The maximum atomic E-state index is 11.6. The van der Waals surface area contributed by atoms with E-state index in [-0.39, 0.29) is 11.4 Å². The molecule has 0 spiro atoms. The minimum absolute atomic E-state index is 0.216. The molecule has 0 heterocycles. The normalized spacial score (nSPS) is 12.0. The first-order valence-electron chi connectivity index (χ1n) is 3.94. The van der Waals surface area contributed by atoms with Gasteiger partial charge in [-0.05, 0) is 33.1 Å². The Morgan fingerprint density at radius 3 is 2.55 bits per heavy atom. The third-order valence-corrected chi connectivity index (χ3v) is 2.84. The van der Waals surface area contributed by atoms with Gasteiger partial charge in [-0.1, -0.05) is 0 Å². The molecule has 0 radical (unpaired) electrons. The van der Waals surface area contributed by atoms with Gasteiger partial charge in [0.1, 0.15) is 0 Å². The zero-order valence-corrected chi connectivity index (χ0v) is 8.43. The Hall–Kier alpha value is 0.240. The van der Waals surface area contributed by atoms with Gasteiger partial charge in [0, 0.05) is 11.3 Å². The predicted octanol–water partition coefficient (Wildman–Crippen LogP) is 2.08. The van der Waals surface area contributed by atoms with E-state index in [0.717, 1.165) is 13.1 Å². The SMILES string of the molecule is CSC(C)(C)CNCCCF. The number of halogens is 1. The van der Waals surface area contributed by atoms with Crippen molar-refractivity contribution >= 4 is 11.8 Å². The summed E-state index contributed by atoms with van der Waals surface area (Å²) in [6.07, 6.45) is 2.72. The van der Waals surface area contributed by atoms with Crippen molar-refractivity contribution in [3.8, 4) is 0 Å². The maximum Gasteiger partial charge on any atom is 0.0906 e. The van der Waals surface area contributed by atoms with Crippen LogP contribution in [0.5, 0.6) is 0 Å². The van der Waals surface area contributed by atoms with E-state index in [1.165, 1.54) is 0 Å².